The topological polar surface area (TPSA) is 51.6 Å². The summed E-state index contributed by atoms with van der Waals surface area (Å²) < 4.78 is 0.855. The summed E-state index contributed by atoms with van der Waals surface area (Å²) in [6, 6.07) is 3.49. The fourth-order valence-electron chi connectivity index (χ4n) is 1.90. The predicted molar refractivity (Wildman–Crippen MR) is 92.4 cm³/mol. The molecule has 2 heterocycles. The summed E-state index contributed by atoms with van der Waals surface area (Å²) in [4.78, 5) is 9.41. The maximum Gasteiger partial charge on any atom is 0.180 e. The van der Waals surface area contributed by atoms with Crippen LogP contribution in [0.1, 0.15) is 30.5 Å². The molecule has 0 aliphatic rings. The highest BCUT2D eigenvalue weighted by Gasteiger charge is 2.16. The van der Waals surface area contributed by atoms with Gasteiger partial charge in [0, 0.05) is 0 Å². The third-order valence-electron chi connectivity index (χ3n) is 2.94. The van der Waals surface area contributed by atoms with E-state index in [0.717, 1.165) is 31.1 Å². The van der Waals surface area contributed by atoms with Crippen LogP contribution < -0.4 is 0 Å². The van der Waals surface area contributed by atoms with Gasteiger partial charge in [-0.25, -0.2) is 9.97 Å². The van der Waals surface area contributed by atoms with Crippen molar-refractivity contribution in [3.63, 3.8) is 0 Å². The van der Waals surface area contributed by atoms with E-state index in [1.807, 2.05) is 6.92 Å². The molecule has 4 nitrogen and oxygen atoms in total. The number of aromatic nitrogens is 4. The van der Waals surface area contributed by atoms with Crippen molar-refractivity contribution in [3.05, 3.63) is 32.9 Å². The smallest absolute Gasteiger partial charge is 0.180 e. The van der Waals surface area contributed by atoms with E-state index in [2.05, 4.69) is 24.0 Å². The Kier molecular flexibility index (Phi) is 4.54. The van der Waals surface area contributed by atoms with E-state index in [9.17, 15) is 0 Å². The van der Waals surface area contributed by atoms with Crippen molar-refractivity contribution in [1.29, 1.82) is 0 Å². The molecule has 0 N–H and O–H groups in total. The second-order valence-electron chi connectivity index (χ2n) is 5.01. The molecule has 0 aliphatic heterocycles. The Morgan fingerprint density at radius 3 is 2.23 bits per heavy atom. The maximum atomic E-state index is 6.08. The first-order valence-electron chi connectivity index (χ1n) is 6.58. The summed E-state index contributed by atoms with van der Waals surface area (Å²) in [6.07, 6.45) is 0. The molecule has 22 heavy (non-hydrogen) atoms. The molecule has 1 aromatic carbocycles. The monoisotopic (exact) mass is 370 g/mol. The van der Waals surface area contributed by atoms with Crippen LogP contribution in [0.5, 0.6) is 0 Å². The molecule has 3 rings (SSSR count). The van der Waals surface area contributed by atoms with Crippen LogP contribution in [-0.2, 0) is 0 Å². The van der Waals surface area contributed by atoms with Crippen molar-refractivity contribution in [2.45, 2.75) is 36.1 Å². The minimum absolute atomic E-state index is 0.239. The van der Waals surface area contributed by atoms with Crippen molar-refractivity contribution in [2.24, 2.45) is 0 Å². The van der Waals surface area contributed by atoms with Crippen molar-refractivity contribution in [1.82, 2.24) is 20.2 Å². The van der Waals surface area contributed by atoms with Gasteiger partial charge in [-0.3, -0.25) is 0 Å². The number of fused-ring (bicyclic) bond motifs is 1. The van der Waals surface area contributed by atoms with Gasteiger partial charge in [-0.1, -0.05) is 48.4 Å². The molecule has 2 aromatic heterocycles. The van der Waals surface area contributed by atoms with Crippen LogP contribution in [0.2, 0.25) is 10.0 Å². The minimum Gasteiger partial charge on any atom is -0.248 e. The minimum atomic E-state index is 0.239. The summed E-state index contributed by atoms with van der Waals surface area (Å²) in [6.45, 7) is 6.10. The van der Waals surface area contributed by atoms with Gasteiger partial charge in [-0.05, 0) is 36.7 Å². The lowest BCUT2D eigenvalue weighted by Gasteiger charge is -2.11. The van der Waals surface area contributed by atoms with Crippen molar-refractivity contribution in [2.75, 3.05) is 0 Å². The Hall–Kier alpha value is -0.950. The fraction of sp³-hybridized carbons (Fsp3) is 0.286. The molecule has 0 saturated heterocycles. The van der Waals surface area contributed by atoms with Crippen LogP contribution in [-0.4, -0.2) is 20.2 Å². The van der Waals surface area contributed by atoms with Crippen molar-refractivity contribution >= 4 is 57.3 Å². The fourth-order valence-corrected chi connectivity index (χ4v) is 4.18. The van der Waals surface area contributed by atoms with Crippen LogP contribution >= 0.6 is 46.3 Å². The molecule has 0 saturated carbocycles. The summed E-state index contributed by atoms with van der Waals surface area (Å²) in [7, 11) is 0. The molecule has 3 aromatic rings. The van der Waals surface area contributed by atoms with Gasteiger partial charge in [0.15, 0.2) is 4.34 Å². The first kappa shape index (κ1) is 15.9. The zero-order chi connectivity index (χ0) is 15.9. The Labute approximate surface area is 146 Å². The van der Waals surface area contributed by atoms with E-state index < -0.39 is 0 Å². The van der Waals surface area contributed by atoms with E-state index in [4.69, 9.17) is 33.2 Å². The third-order valence-corrected chi connectivity index (χ3v) is 5.54. The molecular weight excluding hydrogens is 359 g/mol. The standard InChI is InChI=1S/C14H12Cl2N4S2/c1-6(2)12-13(22-14-20-19-7(3)21-14)18-11-5-9(16)8(15)4-10(11)17-12/h4-6H,1-3H3. The maximum absolute atomic E-state index is 6.08. The normalized spacial score (nSPS) is 11.5. The van der Waals surface area contributed by atoms with Crippen molar-refractivity contribution < 1.29 is 0 Å². The average Bonchev–Trinajstić information content (AvgIpc) is 2.85. The Morgan fingerprint density at radius 2 is 1.68 bits per heavy atom. The molecule has 0 unspecified atom stereocenters. The zero-order valence-corrected chi connectivity index (χ0v) is 15.2. The Bertz CT molecular complexity index is 848. The van der Waals surface area contributed by atoms with Crippen LogP contribution in [0.4, 0.5) is 0 Å². The van der Waals surface area contributed by atoms with Gasteiger partial charge in [0.25, 0.3) is 0 Å². The Balaban J connectivity index is 2.14. The van der Waals surface area contributed by atoms with E-state index in [-0.39, 0.29) is 5.92 Å². The molecule has 8 heteroatoms. The van der Waals surface area contributed by atoms with E-state index in [1.54, 1.807) is 12.1 Å². The number of hydrogen-bond acceptors (Lipinski definition) is 6. The van der Waals surface area contributed by atoms with E-state index in [1.165, 1.54) is 23.1 Å². The number of hydrogen-bond donors (Lipinski definition) is 0. The van der Waals surface area contributed by atoms with E-state index >= 15 is 0 Å². The highest BCUT2D eigenvalue weighted by molar-refractivity contribution is 8.01. The SMILES string of the molecule is Cc1nnc(Sc2nc3cc(Cl)c(Cl)cc3nc2C(C)C)s1. The number of benzene rings is 1. The first-order valence-corrected chi connectivity index (χ1v) is 8.97. The molecule has 0 aliphatic carbocycles. The number of aryl methyl sites for hydroxylation is 1. The molecular formula is C14H12Cl2N4S2. The van der Waals surface area contributed by atoms with Gasteiger partial charge in [-0.15, -0.1) is 10.2 Å². The van der Waals surface area contributed by atoms with Crippen LogP contribution in [0.15, 0.2) is 21.5 Å². The first-order chi connectivity index (χ1) is 10.4. The molecule has 0 fully saturated rings. The van der Waals surface area contributed by atoms with Crippen LogP contribution in [0, 0.1) is 6.92 Å². The summed E-state index contributed by atoms with van der Waals surface area (Å²) in [5.41, 5.74) is 2.39. The second-order valence-corrected chi connectivity index (χ2v) is 8.24. The summed E-state index contributed by atoms with van der Waals surface area (Å²) >= 11 is 15.2. The molecule has 0 amide bonds. The zero-order valence-electron chi connectivity index (χ0n) is 12.1. The molecule has 0 bridgehead atoms. The lowest BCUT2D eigenvalue weighted by Crippen LogP contribution is -2.00. The van der Waals surface area contributed by atoms with Gasteiger partial charge in [0.2, 0.25) is 0 Å². The molecule has 114 valence electrons. The lowest BCUT2D eigenvalue weighted by molar-refractivity contribution is 0.782. The largest absolute Gasteiger partial charge is 0.248 e. The quantitative estimate of drug-likeness (QED) is 0.619. The van der Waals surface area contributed by atoms with Crippen molar-refractivity contribution in [3.8, 4) is 0 Å². The van der Waals surface area contributed by atoms with E-state index in [0.29, 0.717) is 10.0 Å². The van der Waals surface area contributed by atoms with Gasteiger partial charge < -0.3 is 0 Å². The Morgan fingerprint density at radius 1 is 1.05 bits per heavy atom. The third kappa shape index (κ3) is 3.20. The second kappa shape index (κ2) is 6.28. The molecule has 0 spiro atoms. The number of nitrogens with zero attached hydrogens (tertiary/aromatic N) is 4. The number of rotatable bonds is 3. The highest BCUT2D eigenvalue weighted by Crippen LogP contribution is 2.35. The van der Waals surface area contributed by atoms with Gasteiger partial charge >= 0.3 is 0 Å². The summed E-state index contributed by atoms with van der Waals surface area (Å²) in [5, 5.41) is 10.9. The van der Waals surface area contributed by atoms with Gasteiger partial charge in [0.05, 0.1) is 26.8 Å². The highest BCUT2D eigenvalue weighted by atomic mass is 35.5. The molecule has 0 atom stereocenters. The van der Waals surface area contributed by atoms with Gasteiger partial charge in [0.1, 0.15) is 10.0 Å². The average molecular weight is 371 g/mol. The van der Waals surface area contributed by atoms with Crippen LogP contribution in [0.3, 0.4) is 0 Å². The lowest BCUT2D eigenvalue weighted by atomic mass is 10.1. The number of halogens is 2. The predicted octanol–water partition coefficient (Wildman–Crippen LogP) is 5.37. The van der Waals surface area contributed by atoms with Gasteiger partial charge in [-0.2, -0.15) is 0 Å². The van der Waals surface area contributed by atoms with Crippen LogP contribution in [0.25, 0.3) is 11.0 Å². The summed E-state index contributed by atoms with van der Waals surface area (Å²) in [5.74, 6) is 0.239. The molecule has 0 radical (unpaired) electrons.